The van der Waals surface area contributed by atoms with Crippen LogP contribution in [0.3, 0.4) is 0 Å². The molecule has 3 rings (SSSR count). The lowest BCUT2D eigenvalue weighted by Gasteiger charge is -2.13. The number of allylic oxidation sites excluding steroid dienone is 4. The standard InChI is InChI=1S/C15H22N2OS.C9H14O.2H2/c1-4-6-7-12(3)8-9-15(11-18-15)17-14-16-10-13(5-2)19-14;1-4-8-6-7(3)9(5-2)10-8;;/h4,6-7,10H,5,8-9,11H2,1-3H3,(H,16,17);6H,4-5H2,1-3H3;2*1H/b6-4-,12-7+;;;. The van der Waals surface area contributed by atoms with Crippen LogP contribution in [-0.2, 0) is 24.0 Å². The van der Waals surface area contributed by atoms with Gasteiger partial charge in [-0.15, -0.1) is 11.3 Å². The number of hydrogen-bond acceptors (Lipinski definition) is 5. The first-order valence-corrected chi connectivity index (χ1v) is 11.5. The van der Waals surface area contributed by atoms with Gasteiger partial charge in [0.15, 0.2) is 10.9 Å². The first-order valence-electron chi connectivity index (χ1n) is 10.7. The molecule has 164 valence electrons. The van der Waals surface area contributed by atoms with E-state index in [-0.39, 0.29) is 8.58 Å². The molecule has 1 aliphatic heterocycles. The summed E-state index contributed by atoms with van der Waals surface area (Å²) in [7, 11) is 0. The number of anilines is 1. The normalized spacial score (nSPS) is 18.6. The molecule has 1 atom stereocenters. The molecule has 0 radical (unpaired) electrons. The zero-order valence-corrected chi connectivity index (χ0v) is 19.6. The molecule has 1 aliphatic rings. The number of hydrogen-bond donors (Lipinski definition) is 1. The molecule has 2 aromatic rings. The molecule has 0 aliphatic carbocycles. The van der Waals surface area contributed by atoms with Crippen molar-refractivity contribution in [2.24, 2.45) is 0 Å². The number of aryl methyl sites for hydroxylation is 4. The zero-order chi connectivity index (χ0) is 21.3. The van der Waals surface area contributed by atoms with Crippen molar-refractivity contribution in [3.8, 4) is 0 Å². The largest absolute Gasteiger partial charge is 0.466 e. The maximum absolute atomic E-state index is 5.61. The van der Waals surface area contributed by atoms with Gasteiger partial charge in [0.2, 0.25) is 0 Å². The molecule has 0 saturated carbocycles. The number of aromatic nitrogens is 1. The fourth-order valence-electron chi connectivity index (χ4n) is 2.95. The molecule has 1 saturated heterocycles. The number of epoxide rings is 1. The van der Waals surface area contributed by atoms with Crippen molar-refractivity contribution in [3.63, 3.8) is 0 Å². The highest BCUT2D eigenvalue weighted by Crippen LogP contribution is 2.35. The van der Waals surface area contributed by atoms with E-state index in [1.807, 2.05) is 19.2 Å². The lowest BCUT2D eigenvalue weighted by molar-refractivity contribution is 0.317. The van der Waals surface area contributed by atoms with Gasteiger partial charge in [-0.05, 0) is 45.2 Å². The quantitative estimate of drug-likeness (QED) is 0.340. The predicted octanol–water partition coefficient (Wildman–Crippen LogP) is 7.35. The second-order valence-corrected chi connectivity index (χ2v) is 8.57. The van der Waals surface area contributed by atoms with Crippen molar-refractivity contribution in [3.05, 3.63) is 58.0 Å². The third kappa shape index (κ3) is 7.48. The molecular weight excluding hydrogens is 380 g/mol. The van der Waals surface area contributed by atoms with Crippen LogP contribution in [0, 0.1) is 6.92 Å². The molecule has 0 spiro atoms. The summed E-state index contributed by atoms with van der Waals surface area (Å²) in [6, 6.07) is 2.12. The van der Waals surface area contributed by atoms with Gasteiger partial charge in [-0.1, -0.05) is 44.6 Å². The zero-order valence-electron chi connectivity index (χ0n) is 18.8. The monoisotopic (exact) mass is 420 g/mol. The molecule has 1 fully saturated rings. The van der Waals surface area contributed by atoms with E-state index in [4.69, 9.17) is 9.15 Å². The Morgan fingerprint density at radius 3 is 2.55 bits per heavy atom. The molecule has 1 N–H and O–H groups in total. The van der Waals surface area contributed by atoms with Crippen molar-refractivity contribution in [1.82, 2.24) is 4.98 Å². The van der Waals surface area contributed by atoms with E-state index in [9.17, 15) is 0 Å². The number of ether oxygens (including phenoxy) is 1. The highest BCUT2D eigenvalue weighted by molar-refractivity contribution is 7.15. The summed E-state index contributed by atoms with van der Waals surface area (Å²) >= 11 is 1.72. The molecule has 1 unspecified atom stereocenters. The van der Waals surface area contributed by atoms with Crippen molar-refractivity contribution >= 4 is 16.5 Å². The molecule has 0 bridgehead atoms. The Kier molecular flexibility index (Phi) is 9.18. The van der Waals surface area contributed by atoms with Crippen molar-refractivity contribution in [2.75, 3.05) is 11.9 Å². The van der Waals surface area contributed by atoms with Gasteiger partial charge in [0, 0.05) is 33.2 Å². The van der Waals surface area contributed by atoms with Gasteiger partial charge < -0.3 is 14.5 Å². The van der Waals surface area contributed by atoms with Gasteiger partial charge in [-0.25, -0.2) is 4.98 Å². The molecule has 0 amide bonds. The lowest BCUT2D eigenvalue weighted by Crippen LogP contribution is -2.23. The minimum absolute atomic E-state index is 0. The van der Waals surface area contributed by atoms with E-state index in [2.05, 4.69) is 63.1 Å². The average Bonchev–Trinajstić information content (AvgIpc) is 3.16. The lowest BCUT2D eigenvalue weighted by atomic mass is 10.1. The number of nitrogens with one attached hydrogen (secondary N) is 1. The first kappa shape index (κ1) is 23.4. The fraction of sp³-hybridized carbons (Fsp3) is 0.542. The van der Waals surface area contributed by atoms with Crippen molar-refractivity contribution < 1.29 is 12.0 Å². The van der Waals surface area contributed by atoms with Crippen LogP contribution in [0.2, 0.25) is 0 Å². The highest BCUT2D eigenvalue weighted by Gasteiger charge is 2.44. The molecule has 2 aromatic heterocycles. The summed E-state index contributed by atoms with van der Waals surface area (Å²) in [5.41, 5.74) is 2.50. The van der Waals surface area contributed by atoms with E-state index in [1.165, 1.54) is 16.0 Å². The summed E-state index contributed by atoms with van der Waals surface area (Å²) < 4.78 is 11.1. The topological polar surface area (TPSA) is 50.6 Å². The first-order chi connectivity index (χ1) is 13.9. The summed E-state index contributed by atoms with van der Waals surface area (Å²) in [5.74, 6) is 2.24. The van der Waals surface area contributed by atoms with E-state index in [1.54, 1.807) is 11.3 Å². The van der Waals surface area contributed by atoms with Gasteiger partial charge in [0.05, 0.1) is 6.61 Å². The van der Waals surface area contributed by atoms with Gasteiger partial charge in [0.1, 0.15) is 11.5 Å². The maximum atomic E-state index is 5.61. The van der Waals surface area contributed by atoms with Crippen LogP contribution in [0.25, 0.3) is 0 Å². The Bertz CT molecular complexity index is 823. The Labute approximate surface area is 183 Å². The van der Waals surface area contributed by atoms with Crippen LogP contribution in [0.1, 0.15) is 72.3 Å². The van der Waals surface area contributed by atoms with Crippen LogP contribution in [0.4, 0.5) is 5.13 Å². The second kappa shape index (κ2) is 11.4. The van der Waals surface area contributed by atoms with E-state index >= 15 is 0 Å². The second-order valence-electron chi connectivity index (χ2n) is 7.46. The summed E-state index contributed by atoms with van der Waals surface area (Å²) in [6.07, 6.45) is 13.3. The Morgan fingerprint density at radius 2 is 2.07 bits per heavy atom. The van der Waals surface area contributed by atoms with Gasteiger partial charge in [0.25, 0.3) is 0 Å². The van der Waals surface area contributed by atoms with E-state index in [0.29, 0.717) is 0 Å². The van der Waals surface area contributed by atoms with Gasteiger partial charge >= 0.3 is 0 Å². The van der Waals surface area contributed by atoms with Gasteiger partial charge in [-0.3, -0.25) is 0 Å². The third-order valence-electron chi connectivity index (χ3n) is 4.97. The van der Waals surface area contributed by atoms with Crippen LogP contribution >= 0.6 is 11.3 Å². The van der Waals surface area contributed by atoms with Gasteiger partial charge in [-0.2, -0.15) is 0 Å². The Hall–Kier alpha value is -1.85. The number of furan rings is 1. The van der Waals surface area contributed by atoms with Crippen LogP contribution in [-0.4, -0.2) is 17.3 Å². The highest BCUT2D eigenvalue weighted by atomic mass is 32.1. The minimum Gasteiger partial charge on any atom is -0.466 e. The summed E-state index contributed by atoms with van der Waals surface area (Å²) in [6.45, 7) is 13.4. The van der Waals surface area contributed by atoms with Crippen molar-refractivity contribution in [2.45, 2.75) is 79.4 Å². The Balaban J connectivity index is 0.000000643. The average molecular weight is 421 g/mol. The van der Waals surface area contributed by atoms with Crippen LogP contribution in [0.5, 0.6) is 0 Å². The molecule has 4 nitrogen and oxygen atoms in total. The fourth-order valence-corrected chi connectivity index (χ4v) is 3.79. The third-order valence-corrected chi connectivity index (χ3v) is 6.02. The number of thiazole rings is 1. The molecule has 29 heavy (non-hydrogen) atoms. The predicted molar refractivity (Wildman–Crippen MR) is 128 cm³/mol. The number of nitrogens with zero attached hydrogens (tertiary/aromatic N) is 1. The minimum atomic E-state index is -0.173. The van der Waals surface area contributed by atoms with Crippen LogP contribution < -0.4 is 5.32 Å². The molecule has 3 heterocycles. The SMILES string of the molecule is C/C=C\C=C(/C)CCC1(Nc2ncc(CC)s2)CO1.CCc1cc(C)c(CC)o1.[HH].[HH]. The van der Waals surface area contributed by atoms with E-state index < -0.39 is 0 Å². The molecule has 5 heteroatoms. The smallest absolute Gasteiger partial charge is 0.185 e. The van der Waals surface area contributed by atoms with Crippen LogP contribution in [0.15, 0.2) is 40.5 Å². The molecular formula is C24H40N2O2S. The number of rotatable bonds is 9. The van der Waals surface area contributed by atoms with E-state index in [0.717, 1.165) is 55.4 Å². The van der Waals surface area contributed by atoms with Crippen molar-refractivity contribution in [1.29, 1.82) is 0 Å². The molecule has 0 aromatic carbocycles. The Morgan fingerprint density at radius 1 is 1.31 bits per heavy atom. The summed E-state index contributed by atoms with van der Waals surface area (Å²) in [4.78, 5) is 5.70. The maximum Gasteiger partial charge on any atom is 0.185 e. The summed E-state index contributed by atoms with van der Waals surface area (Å²) in [5, 5.41) is 4.41.